The highest BCUT2D eigenvalue weighted by atomic mass is 16.6. The molecular formula is C15H23N3O3. The molecule has 1 N–H and O–H groups in total. The number of nitro benzene ring substituents is 1. The van der Waals surface area contributed by atoms with Crippen LogP contribution in [0.5, 0.6) is 5.75 Å². The number of nitrogens with one attached hydrogen (secondary N) is 1. The number of hydrogen-bond donors (Lipinski definition) is 1. The molecule has 116 valence electrons. The van der Waals surface area contributed by atoms with E-state index in [0.29, 0.717) is 12.4 Å². The topological polar surface area (TPSA) is 67.6 Å². The van der Waals surface area contributed by atoms with Crippen molar-refractivity contribution < 1.29 is 9.66 Å². The molecule has 6 nitrogen and oxygen atoms in total. The molecule has 1 saturated heterocycles. The van der Waals surface area contributed by atoms with Crippen LogP contribution in [0.15, 0.2) is 18.2 Å². The molecule has 0 atom stereocenters. The van der Waals surface area contributed by atoms with E-state index >= 15 is 0 Å². The Labute approximate surface area is 125 Å². The molecule has 2 rings (SSSR count). The largest absolute Gasteiger partial charge is 0.487 e. The van der Waals surface area contributed by atoms with Crippen LogP contribution in [0.25, 0.3) is 0 Å². The Kier molecular flexibility index (Phi) is 5.80. The SMILES string of the molecule is CCCOc1cc(NCCN2CCCC2)ccc1[N+](=O)[O-]. The third-order valence-corrected chi connectivity index (χ3v) is 3.57. The van der Waals surface area contributed by atoms with Crippen molar-refractivity contribution in [3.63, 3.8) is 0 Å². The normalized spacial score (nSPS) is 15.1. The van der Waals surface area contributed by atoms with E-state index in [9.17, 15) is 10.1 Å². The third kappa shape index (κ3) is 4.60. The second-order valence-electron chi connectivity index (χ2n) is 5.26. The molecule has 1 aromatic carbocycles. The van der Waals surface area contributed by atoms with E-state index in [-0.39, 0.29) is 5.69 Å². The Morgan fingerprint density at radius 3 is 2.81 bits per heavy atom. The molecule has 0 saturated carbocycles. The van der Waals surface area contributed by atoms with Crippen LogP contribution >= 0.6 is 0 Å². The number of nitrogens with zero attached hydrogens (tertiary/aromatic N) is 2. The van der Waals surface area contributed by atoms with Crippen molar-refractivity contribution in [3.05, 3.63) is 28.3 Å². The maximum absolute atomic E-state index is 11.0. The van der Waals surface area contributed by atoms with Crippen LogP contribution in [0, 0.1) is 10.1 Å². The quantitative estimate of drug-likeness (QED) is 0.589. The molecule has 1 fully saturated rings. The van der Waals surface area contributed by atoms with Gasteiger partial charge in [0, 0.05) is 30.9 Å². The minimum Gasteiger partial charge on any atom is -0.487 e. The maximum atomic E-state index is 11.0. The molecule has 1 heterocycles. The Bertz CT molecular complexity index is 473. The summed E-state index contributed by atoms with van der Waals surface area (Å²) in [6, 6.07) is 4.96. The zero-order chi connectivity index (χ0) is 15.1. The minimum atomic E-state index is -0.404. The van der Waals surface area contributed by atoms with Crippen molar-refractivity contribution in [2.24, 2.45) is 0 Å². The van der Waals surface area contributed by atoms with Crippen molar-refractivity contribution in [1.82, 2.24) is 4.90 Å². The van der Waals surface area contributed by atoms with Crippen molar-refractivity contribution in [2.75, 3.05) is 38.1 Å². The summed E-state index contributed by atoms with van der Waals surface area (Å²) in [5, 5.41) is 14.3. The molecule has 21 heavy (non-hydrogen) atoms. The summed E-state index contributed by atoms with van der Waals surface area (Å²) in [5.74, 6) is 0.341. The van der Waals surface area contributed by atoms with Gasteiger partial charge in [-0.25, -0.2) is 0 Å². The van der Waals surface area contributed by atoms with Gasteiger partial charge in [0.1, 0.15) is 0 Å². The van der Waals surface area contributed by atoms with Gasteiger partial charge in [-0.15, -0.1) is 0 Å². The van der Waals surface area contributed by atoms with Gasteiger partial charge >= 0.3 is 5.69 Å². The van der Waals surface area contributed by atoms with Gasteiger partial charge in [0.05, 0.1) is 11.5 Å². The molecule has 6 heteroatoms. The summed E-state index contributed by atoms with van der Waals surface area (Å²) in [7, 11) is 0. The number of benzene rings is 1. The number of hydrogen-bond acceptors (Lipinski definition) is 5. The lowest BCUT2D eigenvalue weighted by atomic mass is 10.2. The number of nitro groups is 1. The smallest absolute Gasteiger partial charge is 0.311 e. The average molecular weight is 293 g/mol. The van der Waals surface area contributed by atoms with Crippen molar-refractivity contribution in [3.8, 4) is 5.75 Å². The zero-order valence-corrected chi connectivity index (χ0v) is 12.5. The molecule has 0 bridgehead atoms. The predicted molar refractivity (Wildman–Crippen MR) is 83.0 cm³/mol. The van der Waals surface area contributed by atoms with Gasteiger partial charge < -0.3 is 15.0 Å². The summed E-state index contributed by atoms with van der Waals surface area (Å²) >= 11 is 0. The van der Waals surface area contributed by atoms with Gasteiger partial charge in [-0.1, -0.05) is 6.92 Å². The van der Waals surface area contributed by atoms with E-state index < -0.39 is 4.92 Å². The van der Waals surface area contributed by atoms with Crippen LogP contribution in [0.2, 0.25) is 0 Å². The first-order valence-electron chi connectivity index (χ1n) is 7.58. The molecule has 1 aliphatic rings. The van der Waals surface area contributed by atoms with E-state index in [4.69, 9.17) is 4.74 Å². The molecule has 0 amide bonds. The molecular weight excluding hydrogens is 270 g/mol. The first-order chi connectivity index (χ1) is 10.2. The van der Waals surface area contributed by atoms with Crippen LogP contribution in [-0.2, 0) is 0 Å². The van der Waals surface area contributed by atoms with Crippen molar-refractivity contribution in [1.29, 1.82) is 0 Å². The highest BCUT2D eigenvalue weighted by Crippen LogP contribution is 2.30. The summed E-state index contributed by atoms with van der Waals surface area (Å²) < 4.78 is 5.48. The summed E-state index contributed by atoms with van der Waals surface area (Å²) in [4.78, 5) is 13.0. The van der Waals surface area contributed by atoms with Crippen molar-refractivity contribution in [2.45, 2.75) is 26.2 Å². The fourth-order valence-electron chi connectivity index (χ4n) is 2.47. The molecule has 1 aliphatic heterocycles. The molecule has 0 unspecified atom stereocenters. The lowest BCUT2D eigenvalue weighted by Crippen LogP contribution is -2.25. The number of rotatable bonds is 8. The second kappa shape index (κ2) is 7.83. The van der Waals surface area contributed by atoms with Gasteiger partial charge in [0.25, 0.3) is 0 Å². The number of anilines is 1. The maximum Gasteiger partial charge on any atom is 0.311 e. The fraction of sp³-hybridized carbons (Fsp3) is 0.600. The van der Waals surface area contributed by atoms with E-state index in [2.05, 4.69) is 10.2 Å². The first kappa shape index (κ1) is 15.6. The van der Waals surface area contributed by atoms with Gasteiger partial charge in [-0.2, -0.15) is 0 Å². The molecule has 0 aliphatic carbocycles. The van der Waals surface area contributed by atoms with Gasteiger partial charge in [0.2, 0.25) is 0 Å². The lowest BCUT2D eigenvalue weighted by molar-refractivity contribution is -0.385. The molecule has 0 radical (unpaired) electrons. The predicted octanol–water partition coefficient (Wildman–Crippen LogP) is 2.89. The van der Waals surface area contributed by atoms with E-state index in [1.54, 1.807) is 12.1 Å². The molecule has 0 aromatic heterocycles. The highest BCUT2D eigenvalue weighted by Gasteiger charge is 2.16. The Morgan fingerprint density at radius 1 is 1.38 bits per heavy atom. The molecule has 1 aromatic rings. The van der Waals surface area contributed by atoms with Gasteiger partial charge in [-0.05, 0) is 38.4 Å². The van der Waals surface area contributed by atoms with Crippen LogP contribution in [-0.4, -0.2) is 42.6 Å². The van der Waals surface area contributed by atoms with E-state index in [1.807, 2.05) is 6.92 Å². The van der Waals surface area contributed by atoms with Crippen LogP contribution in [0.4, 0.5) is 11.4 Å². The summed E-state index contributed by atoms with van der Waals surface area (Å²) in [6.07, 6.45) is 3.39. The first-order valence-corrected chi connectivity index (χ1v) is 7.58. The van der Waals surface area contributed by atoms with Crippen LogP contribution < -0.4 is 10.1 Å². The highest BCUT2D eigenvalue weighted by molar-refractivity contribution is 5.58. The minimum absolute atomic E-state index is 0.0218. The van der Waals surface area contributed by atoms with Crippen LogP contribution in [0.1, 0.15) is 26.2 Å². The van der Waals surface area contributed by atoms with Gasteiger partial charge in [0.15, 0.2) is 5.75 Å². The van der Waals surface area contributed by atoms with Gasteiger partial charge in [-0.3, -0.25) is 10.1 Å². The van der Waals surface area contributed by atoms with Crippen molar-refractivity contribution >= 4 is 11.4 Å². The zero-order valence-electron chi connectivity index (χ0n) is 12.5. The number of ether oxygens (including phenoxy) is 1. The Hall–Kier alpha value is -1.82. The molecule has 0 spiro atoms. The van der Waals surface area contributed by atoms with E-state index in [1.165, 1.54) is 32.0 Å². The monoisotopic (exact) mass is 293 g/mol. The standard InChI is InChI=1S/C15H23N3O3/c1-2-11-21-15-12-13(5-6-14(15)18(19)20)16-7-10-17-8-3-4-9-17/h5-6,12,16H,2-4,7-11H2,1H3. The average Bonchev–Trinajstić information content (AvgIpc) is 2.98. The Balaban J connectivity index is 1.93. The summed E-state index contributed by atoms with van der Waals surface area (Å²) in [5.41, 5.74) is 0.888. The summed E-state index contributed by atoms with van der Waals surface area (Å²) in [6.45, 7) is 6.65. The second-order valence-corrected chi connectivity index (χ2v) is 5.26. The number of likely N-dealkylation sites (tertiary alicyclic amines) is 1. The van der Waals surface area contributed by atoms with Crippen LogP contribution in [0.3, 0.4) is 0 Å². The third-order valence-electron chi connectivity index (χ3n) is 3.57. The fourth-order valence-corrected chi connectivity index (χ4v) is 2.47. The lowest BCUT2D eigenvalue weighted by Gasteiger charge is -2.15. The van der Waals surface area contributed by atoms with E-state index in [0.717, 1.165) is 25.2 Å². The Morgan fingerprint density at radius 2 is 2.14 bits per heavy atom.